The van der Waals surface area contributed by atoms with Gasteiger partial charge in [-0.1, -0.05) is 30.3 Å². The van der Waals surface area contributed by atoms with Crippen LogP contribution in [0.4, 0.5) is 8.78 Å². The van der Waals surface area contributed by atoms with Gasteiger partial charge < -0.3 is 10.6 Å². The van der Waals surface area contributed by atoms with Crippen molar-refractivity contribution in [2.24, 2.45) is 11.3 Å². The SMILES string of the molecule is CNC(=O)C(NC(=O)CSCC1CC2(C1)CC(F)(F)C2)c1ccccc1. The van der Waals surface area contributed by atoms with Crippen LogP contribution in [0.25, 0.3) is 0 Å². The Labute approximate surface area is 156 Å². The molecule has 2 fully saturated rings. The molecule has 7 heteroatoms. The van der Waals surface area contributed by atoms with Crippen molar-refractivity contribution in [2.75, 3.05) is 18.6 Å². The molecule has 1 aromatic rings. The second kappa shape index (κ2) is 7.55. The molecule has 1 aromatic carbocycles. The third-order valence-corrected chi connectivity index (χ3v) is 6.42. The van der Waals surface area contributed by atoms with Crippen molar-refractivity contribution >= 4 is 23.6 Å². The standard InChI is InChI=1S/C19H24F2N2O2S/c1-22-17(25)16(14-5-3-2-4-6-14)23-15(24)10-26-9-13-7-18(8-13)11-19(20,21)12-18/h2-6,13,16H,7-12H2,1H3,(H,22,25)(H,23,24). The van der Waals surface area contributed by atoms with Crippen LogP contribution in [0.15, 0.2) is 30.3 Å². The number of amides is 2. The smallest absolute Gasteiger partial charge is 0.249 e. The van der Waals surface area contributed by atoms with Crippen molar-refractivity contribution < 1.29 is 18.4 Å². The molecule has 0 saturated heterocycles. The molecule has 1 spiro atoms. The maximum absolute atomic E-state index is 13.0. The molecule has 26 heavy (non-hydrogen) atoms. The number of rotatable bonds is 7. The monoisotopic (exact) mass is 382 g/mol. The average Bonchev–Trinajstić information content (AvgIpc) is 2.56. The van der Waals surface area contributed by atoms with Gasteiger partial charge in [-0.05, 0) is 35.5 Å². The predicted octanol–water partition coefficient (Wildman–Crippen LogP) is 3.15. The van der Waals surface area contributed by atoms with Gasteiger partial charge in [-0.2, -0.15) is 11.8 Å². The van der Waals surface area contributed by atoms with Crippen molar-refractivity contribution in [1.29, 1.82) is 0 Å². The van der Waals surface area contributed by atoms with Crippen LogP contribution in [0.1, 0.15) is 37.3 Å². The number of carbonyl (C=O) groups is 2. The summed E-state index contributed by atoms with van der Waals surface area (Å²) in [5, 5.41) is 5.34. The van der Waals surface area contributed by atoms with E-state index in [1.54, 1.807) is 12.1 Å². The number of hydrogen-bond acceptors (Lipinski definition) is 3. The summed E-state index contributed by atoms with van der Waals surface area (Å²) in [4.78, 5) is 24.3. The van der Waals surface area contributed by atoms with Gasteiger partial charge >= 0.3 is 0 Å². The van der Waals surface area contributed by atoms with Crippen LogP contribution in [0.3, 0.4) is 0 Å². The summed E-state index contributed by atoms with van der Waals surface area (Å²) >= 11 is 1.51. The molecule has 2 amide bonds. The molecule has 1 unspecified atom stereocenters. The topological polar surface area (TPSA) is 58.2 Å². The maximum atomic E-state index is 13.0. The van der Waals surface area contributed by atoms with Gasteiger partial charge in [-0.15, -0.1) is 0 Å². The minimum absolute atomic E-state index is 0.0343. The van der Waals surface area contributed by atoms with Crippen LogP contribution in [0, 0.1) is 11.3 Å². The van der Waals surface area contributed by atoms with Crippen molar-refractivity contribution in [2.45, 2.75) is 37.6 Å². The average molecular weight is 382 g/mol. The quantitative estimate of drug-likeness (QED) is 0.762. The molecule has 2 saturated carbocycles. The van der Waals surface area contributed by atoms with E-state index in [-0.39, 0.29) is 35.8 Å². The minimum Gasteiger partial charge on any atom is -0.357 e. The van der Waals surface area contributed by atoms with Gasteiger partial charge in [0, 0.05) is 19.9 Å². The lowest BCUT2D eigenvalue weighted by molar-refractivity contribution is -0.203. The number of likely N-dealkylation sites (N-methyl/N-ethyl adjacent to an activating group) is 1. The van der Waals surface area contributed by atoms with E-state index in [1.807, 2.05) is 18.2 Å². The zero-order valence-corrected chi connectivity index (χ0v) is 15.6. The van der Waals surface area contributed by atoms with Crippen LogP contribution < -0.4 is 10.6 Å². The Hall–Kier alpha value is -1.63. The molecule has 2 aliphatic rings. The Bertz CT molecular complexity index is 653. The first-order chi connectivity index (χ1) is 12.3. The Morgan fingerprint density at radius 3 is 2.46 bits per heavy atom. The highest BCUT2D eigenvalue weighted by atomic mass is 32.2. The summed E-state index contributed by atoms with van der Waals surface area (Å²) < 4.78 is 26.0. The fourth-order valence-electron chi connectivity index (χ4n) is 4.23. The normalized spacial score (nSPS) is 21.3. The molecule has 0 bridgehead atoms. The molecule has 3 rings (SSSR count). The molecule has 0 aliphatic heterocycles. The van der Waals surface area contributed by atoms with Gasteiger partial charge in [0.05, 0.1) is 5.75 Å². The third-order valence-electron chi connectivity index (χ3n) is 5.24. The molecule has 142 valence electrons. The van der Waals surface area contributed by atoms with E-state index in [9.17, 15) is 18.4 Å². The molecule has 2 aliphatic carbocycles. The van der Waals surface area contributed by atoms with Gasteiger partial charge in [0.1, 0.15) is 6.04 Å². The van der Waals surface area contributed by atoms with E-state index in [0.717, 1.165) is 24.2 Å². The molecule has 0 heterocycles. The summed E-state index contributed by atoms with van der Waals surface area (Å²) in [5.74, 6) is -1.42. The van der Waals surface area contributed by atoms with Crippen LogP contribution in [-0.4, -0.2) is 36.3 Å². The molecule has 0 aromatic heterocycles. The maximum Gasteiger partial charge on any atom is 0.249 e. The van der Waals surface area contributed by atoms with E-state index >= 15 is 0 Å². The van der Waals surface area contributed by atoms with Crippen molar-refractivity contribution in [1.82, 2.24) is 10.6 Å². The largest absolute Gasteiger partial charge is 0.357 e. The van der Waals surface area contributed by atoms with E-state index in [2.05, 4.69) is 10.6 Å². The summed E-state index contributed by atoms with van der Waals surface area (Å²) in [6, 6.07) is 8.39. The van der Waals surface area contributed by atoms with Gasteiger partial charge in [0.15, 0.2) is 0 Å². The van der Waals surface area contributed by atoms with Crippen molar-refractivity contribution in [3.05, 3.63) is 35.9 Å². The summed E-state index contributed by atoms with van der Waals surface area (Å²) in [5.41, 5.74) is 0.617. The molecule has 0 radical (unpaired) electrons. The first kappa shape index (κ1) is 19.1. The van der Waals surface area contributed by atoms with E-state index in [1.165, 1.54) is 18.8 Å². The Morgan fingerprint density at radius 1 is 1.23 bits per heavy atom. The van der Waals surface area contributed by atoms with E-state index < -0.39 is 12.0 Å². The lowest BCUT2D eigenvalue weighted by atomic mass is 9.51. The Balaban J connectivity index is 1.40. The van der Waals surface area contributed by atoms with Gasteiger partial charge in [0.2, 0.25) is 17.7 Å². The van der Waals surface area contributed by atoms with Crippen molar-refractivity contribution in [3.8, 4) is 0 Å². The highest BCUT2D eigenvalue weighted by Crippen LogP contribution is 2.64. The third kappa shape index (κ3) is 4.37. The van der Waals surface area contributed by atoms with Crippen LogP contribution in [0.2, 0.25) is 0 Å². The van der Waals surface area contributed by atoms with Gasteiger partial charge in [0.25, 0.3) is 0 Å². The predicted molar refractivity (Wildman–Crippen MR) is 98.1 cm³/mol. The first-order valence-electron chi connectivity index (χ1n) is 8.84. The zero-order valence-electron chi connectivity index (χ0n) is 14.8. The number of carbonyl (C=O) groups excluding carboxylic acids is 2. The molecule has 4 nitrogen and oxygen atoms in total. The zero-order chi connectivity index (χ0) is 18.8. The highest BCUT2D eigenvalue weighted by molar-refractivity contribution is 7.99. The molecule has 2 N–H and O–H groups in total. The van der Waals surface area contributed by atoms with Gasteiger partial charge in [-0.3, -0.25) is 9.59 Å². The number of halogens is 2. The van der Waals surface area contributed by atoms with Crippen LogP contribution >= 0.6 is 11.8 Å². The fraction of sp³-hybridized carbons (Fsp3) is 0.579. The number of alkyl halides is 2. The first-order valence-corrected chi connectivity index (χ1v) is 9.99. The number of benzene rings is 1. The Morgan fingerprint density at radius 2 is 1.88 bits per heavy atom. The lowest BCUT2D eigenvalue weighted by Gasteiger charge is -2.57. The van der Waals surface area contributed by atoms with Crippen molar-refractivity contribution in [3.63, 3.8) is 0 Å². The summed E-state index contributed by atoms with van der Waals surface area (Å²) in [7, 11) is 1.54. The highest BCUT2D eigenvalue weighted by Gasteiger charge is 2.61. The lowest BCUT2D eigenvalue weighted by Crippen LogP contribution is -2.54. The van der Waals surface area contributed by atoms with Crippen LogP contribution in [-0.2, 0) is 9.59 Å². The summed E-state index contributed by atoms with van der Waals surface area (Å²) in [6.07, 6.45) is 1.77. The van der Waals surface area contributed by atoms with Crippen LogP contribution in [0.5, 0.6) is 0 Å². The summed E-state index contributed by atoms with van der Waals surface area (Å²) in [6.45, 7) is 0. The Kier molecular flexibility index (Phi) is 5.55. The number of thioether (sulfide) groups is 1. The second-order valence-corrected chi connectivity index (χ2v) is 8.55. The second-order valence-electron chi connectivity index (χ2n) is 7.52. The van der Waals surface area contributed by atoms with E-state index in [4.69, 9.17) is 0 Å². The molecular weight excluding hydrogens is 358 g/mol. The van der Waals surface area contributed by atoms with Gasteiger partial charge in [-0.25, -0.2) is 8.78 Å². The fourth-order valence-corrected chi connectivity index (χ4v) is 5.18. The molecular formula is C19H24F2N2O2S. The number of hydrogen-bond donors (Lipinski definition) is 2. The van der Waals surface area contributed by atoms with E-state index in [0.29, 0.717) is 5.92 Å². The minimum atomic E-state index is -2.45. The molecule has 1 atom stereocenters. The number of nitrogens with one attached hydrogen (secondary N) is 2.